The van der Waals surface area contributed by atoms with Crippen molar-refractivity contribution in [2.75, 3.05) is 6.61 Å². The molecular formula is C6H13NO9SZn. The molecule has 1 fully saturated rings. The summed E-state index contributed by atoms with van der Waals surface area (Å²) in [6.07, 6.45) is -4.85. The standard InChI is InChI=1S/C6H13NO5.H2O4S.Zn/c7-3-5(10)4(9)2(1-8)12-6(3)11;1-5(2,3)4;/h2-6,8-11H,1,7H2;(H2,1,2,3,4);/q;;+2/p-2/t2-,3-,4-,5-,6?;;/m1../s1. The van der Waals surface area contributed by atoms with Gasteiger partial charge in [-0.2, -0.15) is 0 Å². The van der Waals surface area contributed by atoms with E-state index < -0.39 is 47.6 Å². The molecule has 104 valence electrons. The van der Waals surface area contributed by atoms with E-state index in [1.165, 1.54) is 0 Å². The van der Waals surface area contributed by atoms with Gasteiger partial charge in [0.25, 0.3) is 0 Å². The molecule has 0 aromatic carbocycles. The van der Waals surface area contributed by atoms with Gasteiger partial charge in [-0.1, -0.05) is 0 Å². The second kappa shape index (κ2) is 8.43. The van der Waals surface area contributed by atoms with Crippen LogP contribution in [0.15, 0.2) is 0 Å². The maximum Gasteiger partial charge on any atom is 2.00 e. The molecule has 1 saturated heterocycles. The number of aliphatic hydroxyl groups excluding tert-OH is 4. The van der Waals surface area contributed by atoms with E-state index in [-0.39, 0.29) is 19.5 Å². The molecule has 1 aliphatic heterocycles. The average molecular weight is 341 g/mol. The van der Waals surface area contributed by atoms with Gasteiger partial charge in [-0.3, -0.25) is 8.42 Å². The fourth-order valence-electron chi connectivity index (χ4n) is 1.12. The van der Waals surface area contributed by atoms with Crippen molar-refractivity contribution in [3.63, 3.8) is 0 Å². The monoisotopic (exact) mass is 339 g/mol. The summed E-state index contributed by atoms with van der Waals surface area (Å²) in [5, 5.41) is 36.1. The molecule has 1 rings (SSSR count). The van der Waals surface area contributed by atoms with Crippen LogP contribution in [0.25, 0.3) is 0 Å². The number of aliphatic hydroxyl groups is 4. The van der Waals surface area contributed by atoms with Crippen molar-refractivity contribution in [2.45, 2.75) is 30.6 Å². The van der Waals surface area contributed by atoms with E-state index in [1.54, 1.807) is 0 Å². The van der Waals surface area contributed by atoms with E-state index in [4.69, 9.17) is 38.2 Å². The van der Waals surface area contributed by atoms with Crippen molar-refractivity contribution in [3.8, 4) is 0 Å². The van der Waals surface area contributed by atoms with Gasteiger partial charge in [0, 0.05) is 10.4 Å². The summed E-state index contributed by atoms with van der Waals surface area (Å²) in [7, 11) is -5.17. The van der Waals surface area contributed by atoms with E-state index in [2.05, 4.69) is 0 Å². The van der Waals surface area contributed by atoms with Crippen molar-refractivity contribution in [1.29, 1.82) is 0 Å². The molecule has 0 saturated carbocycles. The molecule has 5 atom stereocenters. The third-order valence-electron chi connectivity index (χ3n) is 1.95. The maximum absolute atomic E-state index is 9.20. The number of rotatable bonds is 1. The summed E-state index contributed by atoms with van der Waals surface area (Å²) in [5.41, 5.74) is 5.26. The van der Waals surface area contributed by atoms with Gasteiger partial charge in [0.15, 0.2) is 6.29 Å². The topological polar surface area (TPSA) is 196 Å². The van der Waals surface area contributed by atoms with E-state index in [0.717, 1.165) is 0 Å². The van der Waals surface area contributed by atoms with Crippen LogP contribution in [0.3, 0.4) is 0 Å². The minimum Gasteiger partial charge on any atom is -0.759 e. The van der Waals surface area contributed by atoms with Gasteiger partial charge in [0.05, 0.1) is 12.6 Å². The molecule has 1 heterocycles. The Balaban J connectivity index is 0. The molecule has 0 aromatic rings. The molecule has 0 radical (unpaired) electrons. The number of ether oxygens (including phenoxy) is 1. The van der Waals surface area contributed by atoms with Gasteiger partial charge in [-0.15, -0.1) is 0 Å². The SMILES string of the molecule is N[C@H]1C(O)O[C@H](CO)[C@@H](O)[C@@H]1O.O=S(=O)([O-])[O-].[Zn+2]. The predicted molar refractivity (Wildman–Crippen MR) is 48.4 cm³/mol. The van der Waals surface area contributed by atoms with Gasteiger partial charge < -0.3 is 40.0 Å². The Morgan fingerprint density at radius 3 is 1.89 bits per heavy atom. The summed E-state index contributed by atoms with van der Waals surface area (Å²) in [6, 6.07) is -1.04. The first kappa shape index (κ1) is 20.6. The normalized spacial score (nSPS) is 36.1. The third kappa shape index (κ3) is 7.64. The zero-order valence-corrected chi connectivity index (χ0v) is 12.9. The Bertz CT molecular complexity index is 312. The number of hydrogen-bond acceptors (Lipinski definition) is 10. The fraction of sp³-hybridized carbons (Fsp3) is 1.00. The van der Waals surface area contributed by atoms with Crippen LogP contribution in [0.5, 0.6) is 0 Å². The number of nitrogens with two attached hydrogens (primary N) is 1. The largest absolute Gasteiger partial charge is 2.00 e. The molecule has 0 amide bonds. The summed E-state index contributed by atoms with van der Waals surface area (Å²) < 4.78 is 38.8. The zero-order chi connectivity index (χ0) is 13.8. The average Bonchev–Trinajstić information content (AvgIpc) is 2.18. The van der Waals surface area contributed by atoms with Crippen LogP contribution in [0.1, 0.15) is 0 Å². The van der Waals surface area contributed by atoms with E-state index in [0.29, 0.717) is 0 Å². The van der Waals surface area contributed by atoms with Gasteiger partial charge in [-0.05, 0) is 0 Å². The van der Waals surface area contributed by atoms with E-state index in [1.807, 2.05) is 0 Å². The first-order valence-corrected chi connectivity index (χ1v) is 5.64. The van der Waals surface area contributed by atoms with E-state index in [9.17, 15) is 10.2 Å². The fourth-order valence-corrected chi connectivity index (χ4v) is 1.12. The van der Waals surface area contributed by atoms with Gasteiger partial charge in [-0.25, -0.2) is 0 Å². The zero-order valence-electron chi connectivity index (χ0n) is 9.12. The molecule has 6 N–H and O–H groups in total. The Kier molecular flexibility index (Phi) is 9.63. The van der Waals surface area contributed by atoms with Crippen LogP contribution in [0, 0.1) is 0 Å². The molecule has 1 aliphatic rings. The van der Waals surface area contributed by atoms with Gasteiger partial charge in [0.1, 0.15) is 18.3 Å². The smallest absolute Gasteiger partial charge is 0.759 e. The Morgan fingerprint density at radius 1 is 1.17 bits per heavy atom. The molecule has 1 unspecified atom stereocenters. The molecular weight excluding hydrogens is 328 g/mol. The summed E-state index contributed by atoms with van der Waals surface area (Å²) in [4.78, 5) is 0. The third-order valence-corrected chi connectivity index (χ3v) is 1.95. The first-order chi connectivity index (χ1) is 7.57. The molecule has 0 bridgehead atoms. The Morgan fingerprint density at radius 2 is 1.56 bits per heavy atom. The molecule has 10 nitrogen and oxygen atoms in total. The molecule has 12 heteroatoms. The van der Waals surface area contributed by atoms with E-state index >= 15 is 0 Å². The maximum atomic E-state index is 9.20. The van der Waals surface area contributed by atoms with Gasteiger partial charge in [0.2, 0.25) is 0 Å². The van der Waals surface area contributed by atoms with Crippen molar-refractivity contribution in [2.24, 2.45) is 5.73 Å². The molecule has 0 aromatic heterocycles. The molecule has 18 heavy (non-hydrogen) atoms. The van der Waals surface area contributed by atoms with Crippen LogP contribution in [0.4, 0.5) is 0 Å². The van der Waals surface area contributed by atoms with Crippen molar-refractivity contribution >= 4 is 10.4 Å². The van der Waals surface area contributed by atoms with Crippen LogP contribution < -0.4 is 5.73 Å². The summed E-state index contributed by atoms with van der Waals surface area (Å²) in [6.45, 7) is -0.470. The van der Waals surface area contributed by atoms with Gasteiger partial charge >= 0.3 is 19.5 Å². The van der Waals surface area contributed by atoms with Crippen LogP contribution in [-0.2, 0) is 34.6 Å². The first-order valence-electron chi connectivity index (χ1n) is 4.30. The van der Waals surface area contributed by atoms with Crippen LogP contribution in [0.2, 0.25) is 0 Å². The quantitative estimate of drug-likeness (QED) is 0.176. The minimum absolute atomic E-state index is 0. The van der Waals surface area contributed by atoms with Crippen molar-refractivity contribution in [3.05, 3.63) is 0 Å². The summed E-state index contributed by atoms with van der Waals surface area (Å²) in [5.74, 6) is 0. The Labute approximate surface area is 116 Å². The van der Waals surface area contributed by atoms with Crippen molar-refractivity contribution in [1.82, 2.24) is 0 Å². The van der Waals surface area contributed by atoms with Crippen molar-refractivity contribution < 1.29 is 62.2 Å². The predicted octanol–water partition coefficient (Wildman–Crippen LogP) is -4.60. The molecule has 0 aliphatic carbocycles. The number of hydrogen-bond donors (Lipinski definition) is 5. The molecule has 0 spiro atoms. The van der Waals surface area contributed by atoms with Crippen LogP contribution in [-0.4, -0.2) is 75.2 Å². The summed E-state index contributed by atoms with van der Waals surface area (Å²) >= 11 is 0. The second-order valence-electron chi connectivity index (χ2n) is 3.21. The van der Waals surface area contributed by atoms with Crippen LogP contribution >= 0.6 is 0 Å². The Hall–Kier alpha value is 0.253. The second-order valence-corrected chi connectivity index (χ2v) is 4.03. The minimum atomic E-state index is -5.17.